The molecule has 1 aliphatic carbocycles. The summed E-state index contributed by atoms with van der Waals surface area (Å²) >= 11 is 1.89. The lowest BCUT2D eigenvalue weighted by Crippen LogP contribution is -2.11. The molecule has 288 valence electrons. The van der Waals surface area contributed by atoms with Crippen molar-refractivity contribution in [1.29, 1.82) is 0 Å². The zero-order valence-corrected chi connectivity index (χ0v) is 34.4. The molecule has 0 radical (unpaired) electrons. The predicted octanol–water partition coefficient (Wildman–Crippen LogP) is 17.4. The van der Waals surface area contributed by atoms with E-state index in [1.807, 2.05) is 11.3 Å². The monoisotopic (exact) mass is 787 g/mol. The van der Waals surface area contributed by atoms with Crippen LogP contribution >= 0.6 is 11.3 Å². The van der Waals surface area contributed by atoms with Crippen LogP contribution in [0.15, 0.2) is 206 Å². The fraction of sp³-hybridized carbons (Fsp3) is 0.103. The Morgan fingerprint density at radius 2 is 0.983 bits per heavy atom. The molecule has 1 nitrogen and oxygen atoms in total. The van der Waals surface area contributed by atoms with Crippen LogP contribution in [0.4, 0.5) is 17.1 Å². The van der Waals surface area contributed by atoms with Crippen molar-refractivity contribution in [2.75, 3.05) is 4.90 Å². The number of hydrogen-bond acceptors (Lipinski definition) is 2. The van der Waals surface area contributed by atoms with Gasteiger partial charge in [-0.2, -0.15) is 0 Å². The van der Waals surface area contributed by atoms with Gasteiger partial charge in [-0.15, -0.1) is 11.3 Å². The van der Waals surface area contributed by atoms with E-state index in [9.17, 15) is 0 Å². The SMILES string of the molecule is c1ccc(-c2ccc(-c3ccc(N(c4cccc(-c5cccc6c5sc5ccccc56)c4)c4ccccc4-c4cccc5cccc(C6CCCCC6)c45)cc3)cc2)cc1. The summed E-state index contributed by atoms with van der Waals surface area (Å²) in [5.41, 5.74) is 14.8. The molecule has 0 atom stereocenters. The van der Waals surface area contributed by atoms with Gasteiger partial charge in [0.15, 0.2) is 0 Å². The van der Waals surface area contributed by atoms with Gasteiger partial charge in [0.1, 0.15) is 0 Å². The number of para-hydroxylation sites is 1. The summed E-state index contributed by atoms with van der Waals surface area (Å²) in [6.07, 6.45) is 6.50. The smallest absolute Gasteiger partial charge is 0.0540 e. The number of anilines is 3. The lowest BCUT2D eigenvalue weighted by molar-refractivity contribution is 0.445. The van der Waals surface area contributed by atoms with Gasteiger partial charge in [-0.1, -0.05) is 189 Å². The highest BCUT2D eigenvalue weighted by molar-refractivity contribution is 7.26. The number of rotatable bonds is 8. The number of hydrogen-bond donors (Lipinski definition) is 0. The fourth-order valence-electron chi connectivity index (χ4n) is 9.75. The molecule has 0 N–H and O–H groups in total. The summed E-state index contributed by atoms with van der Waals surface area (Å²) in [7, 11) is 0. The van der Waals surface area contributed by atoms with Crippen molar-refractivity contribution in [1.82, 2.24) is 0 Å². The van der Waals surface area contributed by atoms with E-state index in [4.69, 9.17) is 0 Å². The molecule has 10 aromatic rings. The van der Waals surface area contributed by atoms with E-state index < -0.39 is 0 Å². The third-order valence-corrected chi connectivity index (χ3v) is 13.9. The zero-order valence-electron chi connectivity index (χ0n) is 33.6. The van der Waals surface area contributed by atoms with Gasteiger partial charge in [0.2, 0.25) is 0 Å². The maximum atomic E-state index is 2.48. The number of thiophene rings is 1. The number of fused-ring (bicyclic) bond motifs is 4. The minimum absolute atomic E-state index is 0.592. The maximum Gasteiger partial charge on any atom is 0.0540 e. The Morgan fingerprint density at radius 1 is 0.400 bits per heavy atom. The molecule has 0 aliphatic heterocycles. The van der Waals surface area contributed by atoms with Crippen LogP contribution in [0.5, 0.6) is 0 Å². The number of nitrogens with zero attached hydrogens (tertiary/aromatic N) is 1. The normalized spacial score (nSPS) is 13.3. The van der Waals surface area contributed by atoms with Crippen molar-refractivity contribution in [2.24, 2.45) is 0 Å². The van der Waals surface area contributed by atoms with Gasteiger partial charge in [-0.3, -0.25) is 0 Å². The van der Waals surface area contributed by atoms with Crippen molar-refractivity contribution >= 4 is 59.3 Å². The molecule has 0 spiro atoms. The molecular weight excluding hydrogens is 743 g/mol. The second-order valence-electron chi connectivity index (χ2n) is 16.3. The molecule has 0 amide bonds. The van der Waals surface area contributed by atoms with E-state index >= 15 is 0 Å². The van der Waals surface area contributed by atoms with Gasteiger partial charge in [0, 0.05) is 37.1 Å². The van der Waals surface area contributed by atoms with E-state index in [0.29, 0.717) is 5.92 Å². The summed E-state index contributed by atoms with van der Waals surface area (Å²) in [6.45, 7) is 0. The molecule has 11 rings (SSSR count). The lowest BCUT2D eigenvalue weighted by atomic mass is 9.80. The lowest BCUT2D eigenvalue weighted by Gasteiger charge is -2.29. The predicted molar refractivity (Wildman–Crippen MR) is 259 cm³/mol. The van der Waals surface area contributed by atoms with Gasteiger partial charge in [0.05, 0.1) is 5.69 Å². The van der Waals surface area contributed by atoms with Crippen LogP contribution in [-0.2, 0) is 0 Å². The van der Waals surface area contributed by atoms with E-state index in [-0.39, 0.29) is 0 Å². The van der Waals surface area contributed by atoms with Gasteiger partial charge in [0.25, 0.3) is 0 Å². The van der Waals surface area contributed by atoms with Crippen LogP contribution in [0.2, 0.25) is 0 Å². The van der Waals surface area contributed by atoms with Crippen LogP contribution in [0.25, 0.3) is 75.5 Å². The fourth-order valence-corrected chi connectivity index (χ4v) is 11.0. The van der Waals surface area contributed by atoms with Gasteiger partial charge < -0.3 is 4.90 Å². The molecular formula is C58H45NS. The van der Waals surface area contributed by atoms with Crippen molar-refractivity contribution in [3.05, 3.63) is 212 Å². The molecule has 1 fully saturated rings. The summed E-state index contributed by atoms with van der Waals surface area (Å²) in [5, 5.41) is 5.36. The summed E-state index contributed by atoms with van der Waals surface area (Å²) < 4.78 is 2.65. The summed E-state index contributed by atoms with van der Waals surface area (Å²) in [6, 6.07) is 76.4. The Bertz CT molecular complexity index is 3110. The Kier molecular flexibility index (Phi) is 9.56. The Hall–Kier alpha value is -6.74. The Morgan fingerprint density at radius 3 is 1.78 bits per heavy atom. The van der Waals surface area contributed by atoms with Crippen LogP contribution in [0, 0.1) is 0 Å². The minimum atomic E-state index is 0.592. The quantitative estimate of drug-likeness (QED) is 0.148. The highest BCUT2D eigenvalue weighted by Crippen LogP contribution is 2.47. The summed E-state index contributed by atoms with van der Waals surface area (Å²) in [4.78, 5) is 2.48. The average molecular weight is 788 g/mol. The average Bonchev–Trinajstić information content (AvgIpc) is 3.72. The van der Waals surface area contributed by atoms with Crippen molar-refractivity contribution in [3.63, 3.8) is 0 Å². The van der Waals surface area contributed by atoms with Gasteiger partial charge in [-0.05, 0) is 110 Å². The molecule has 0 bridgehead atoms. The molecule has 0 saturated heterocycles. The first-order valence-electron chi connectivity index (χ1n) is 21.4. The molecule has 1 saturated carbocycles. The second kappa shape index (κ2) is 15.8. The van der Waals surface area contributed by atoms with Gasteiger partial charge >= 0.3 is 0 Å². The highest BCUT2D eigenvalue weighted by Gasteiger charge is 2.23. The molecule has 1 heterocycles. The van der Waals surface area contributed by atoms with E-state index in [2.05, 4.69) is 211 Å². The topological polar surface area (TPSA) is 3.24 Å². The number of benzene rings is 9. The van der Waals surface area contributed by atoms with Crippen molar-refractivity contribution in [3.8, 4) is 44.5 Å². The maximum absolute atomic E-state index is 2.48. The molecule has 1 aromatic heterocycles. The first-order chi connectivity index (χ1) is 29.8. The molecule has 0 unspecified atom stereocenters. The highest BCUT2D eigenvalue weighted by atomic mass is 32.1. The molecule has 2 heteroatoms. The van der Waals surface area contributed by atoms with Crippen molar-refractivity contribution < 1.29 is 0 Å². The molecule has 60 heavy (non-hydrogen) atoms. The van der Waals surface area contributed by atoms with E-state index in [1.54, 1.807) is 0 Å². The summed E-state index contributed by atoms with van der Waals surface area (Å²) in [5.74, 6) is 0.592. The zero-order chi connectivity index (χ0) is 39.8. The van der Waals surface area contributed by atoms with Crippen LogP contribution < -0.4 is 4.90 Å². The van der Waals surface area contributed by atoms with E-state index in [0.717, 1.165) is 11.4 Å². The first kappa shape index (κ1) is 36.3. The molecule has 1 aliphatic rings. The largest absolute Gasteiger partial charge is 0.310 e. The first-order valence-corrected chi connectivity index (χ1v) is 22.3. The van der Waals surface area contributed by atoms with E-state index in [1.165, 1.54) is 119 Å². The third kappa shape index (κ3) is 6.68. The minimum Gasteiger partial charge on any atom is -0.310 e. The van der Waals surface area contributed by atoms with Crippen LogP contribution in [0.1, 0.15) is 43.6 Å². The second-order valence-corrected chi connectivity index (χ2v) is 17.3. The standard InChI is InChI=1S/C58H45NS/c1-3-15-40(16-4-1)41-31-33-42(34-32-41)43-35-37-47(38-36-43)59(48-22-11-21-46(39-48)50-26-14-28-54-52-24-8-10-30-56(52)60-58(50)54)55-29-9-7-23-51(55)53-27-13-20-45-19-12-25-49(57(45)53)44-17-5-2-6-18-44/h1,3-4,7-16,19-39,44H,2,5-6,17-18H2. The Labute approximate surface area is 356 Å². The molecule has 9 aromatic carbocycles. The van der Waals surface area contributed by atoms with Crippen LogP contribution in [-0.4, -0.2) is 0 Å². The van der Waals surface area contributed by atoms with Crippen LogP contribution in [0.3, 0.4) is 0 Å². The Balaban J connectivity index is 1.07. The van der Waals surface area contributed by atoms with Gasteiger partial charge in [-0.25, -0.2) is 0 Å². The third-order valence-electron chi connectivity index (χ3n) is 12.7. The van der Waals surface area contributed by atoms with Crippen molar-refractivity contribution in [2.45, 2.75) is 38.0 Å².